The molecule has 0 heterocycles. The van der Waals surface area contributed by atoms with Crippen LogP contribution in [-0.2, 0) is 19.6 Å². The quantitative estimate of drug-likeness (QED) is 0.454. The van der Waals surface area contributed by atoms with Gasteiger partial charge in [-0.2, -0.15) is 0 Å². The summed E-state index contributed by atoms with van der Waals surface area (Å²) in [7, 11) is -0.931. The van der Waals surface area contributed by atoms with Crippen LogP contribution in [0.25, 0.3) is 0 Å². The molecule has 0 saturated carbocycles. The van der Waals surface area contributed by atoms with Crippen molar-refractivity contribution in [3.05, 3.63) is 59.2 Å². The lowest BCUT2D eigenvalue weighted by Crippen LogP contribution is -2.26. The predicted molar refractivity (Wildman–Crippen MR) is 121 cm³/mol. The third kappa shape index (κ3) is 6.02. The Morgan fingerprint density at radius 2 is 1.69 bits per heavy atom. The number of nitrogens with one attached hydrogen (secondary N) is 1. The first-order valence-corrected chi connectivity index (χ1v) is 11.6. The molecule has 9 heteroatoms. The van der Waals surface area contributed by atoms with Crippen LogP contribution in [-0.4, -0.2) is 50.6 Å². The zero-order chi connectivity index (χ0) is 24.1. The number of benzene rings is 2. The van der Waals surface area contributed by atoms with Crippen LogP contribution >= 0.6 is 0 Å². The van der Waals surface area contributed by atoms with E-state index in [1.54, 1.807) is 31.2 Å². The van der Waals surface area contributed by atoms with Gasteiger partial charge in [-0.3, -0.25) is 9.59 Å². The van der Waals surface area contributed by atoms with Crippen molar-refractivity contribution in [1.82, 2.24) is 4.31 Å². The van der Waals surface area contributed by atoms with Crippen molar-refractivity contribution in [3.63, 3.8) is 0 Å². The molecule has 32 heavy (non-hydrogen) atoms. The average Bonchev–Trinajstić information content (AvgIpc) is 2.73. The van der Waals surface area contributed by atoms with Gasteiger partial charge in [0.15, 0.2) is 6.10 Å². The molecule has 2 rings (SSSR count). The lowest BCUT2D eigenvalue weighted by Gasteiger charge is -2.16. The molecule has 1 amide bonds. The van der Waals surface area contributed by atoms with E-state index in [4.69, 9.17) is 4.74 Å². The second-order valence-corrected chi connectivity index (χ2v) is 9.70. The first-order valence-electron chi connectivity index (χ1n) is 10.2. The van der Waals surface area contributed by atoms with E-state index in [0.717, 1.165) is 10.7 Å². The molecule has 1 unspecified atom stereocenters. The standard InChI is InChI=1S/C23H28N2O6S/c1-6-7-21(26)24-18-11-9-17(10-12-18)22(27)16(3)31-23(28)20-14-19(13-8-15(20)2)32(29,30)25(4)5/h8-14,16H,6-7H2,1-5H3,(H,24,26). The number of nitrogens with zero attached hydrogens (tertiary/aromatic N) is 1. The Balaban J connectivity index is 2.14. The highest BCUT2D eigenvalue weighted by Crippen LogP contribution is 2.20. The highest BCUT2D eigenvalue weighted by Gasteiger charge is 2.24. The second-order valence-electron chi connectivity index (χ2n) is 7.55. The molecule has 0 saturated heterocycles. The largest absolute Gasteiger partial charge is 0.451 e. The van der Waals surface area contributed by atoms with Gasteiger partial charge in [-0.25, -0.2) is 17.5 Å². The van der Waals surface area contributed by atoms with Gasteiger partial charge in [0.2, 0.25) is 21.7 Å². The number of amides is 1. The molecule has 0 aromatic heterocycles. The van der Waals surface area contributed by atoms with Crippen molar-refractivity contribution in [1.29, 1.82) is 0 Å². The van der Waals surface area contributed by atoms with Gasteiger partial charge in [0, 0.05) is 31.8 Å². The third-order valence-electron chi connectivity index (χ3n) is 4.79. The van der Waals surface area contributed by atoms with Gasteiger partial charge in [0.1, 0.15) is 0 Å². The van der Waals surface area contributed by atoms with Gasteiger partial charge < -0.3 is 10.1 Å². The Kier molecular flexibility index (Phi) is 8.29. The van der Waals surface area contributed by atoms with E-state index in [1.807, 2.05) is 6.92 Å². The molecule has 1 N–H and O–H groups in total. The summed E-state index contributed by atoms with van der Waals surface area (Å²) < 4.78 is 31.1. The summed E-state index contributed by atoms with van der Waals surface area (Å²) in [5.74, 6) is -1.31. The number of sulfonamides is 1. The fraction of sp³-hybridized carbons (Fsp3) is 0.348. The molecule has 0 aliphatic rings. The number of esters is 1. The number of ketones is 1. The zero-order valence-corrected chi connectivity index (χ0v) is 19.7. The SMILES string of the molecule is CCCC(=O)Nc1ccc(C(=O)C(C)OC(=O)c2cc(S(=O)(=O)N(C)C)ccc2C)cc1. The maximum Gasteiger partial charge on any atom is 0.339 e. The molecule has 0 aliphatic heterocycles. The Morgan fingerprint density at radius 3 is 2.25 bits per heavy atom. The molecule has 0 spiro atoms. The zero-order valence-electron chi connectivity index (χ0n) is 18.8. The number of anilines is 1. The Morgan fingerprint density at radius 1 is 1.06 bits per heavy atom. The van der Waals surface area contributed by atoms with Crippen LogP contribution in [0.5, 0.6) is 0 Å². The summed E-state index contributed by atoms with van der Waals surface area (Å²) in [6.07, 6.45) is 0.0512. The number of carbonyl (C=O) groups excluding carboxylic acids is 3. The third-order valence-corrected chi connectivity index (χ3v) is 6.60. The molecule has 0 fully saturated rings. The molecule has 1 atom stereocenters. The summed E-state index contributed by atoms with van der Waals surface area (Å²) in [4.78, 5) is 37.0. The van der Waals surface area contributed by atoms with Crippen molar-refractivity contribution >= 4 is 33.4 Å². The smallest absolute Gasteiger partial charge is 0.339 e. The van der Waals surface area contributed by atoms with Crippen molar-refractivity contribution < 1.29 is 27.5 Å². The molecule has 0 radical (unpaired) electrons. The van der Waals surface area contributed by atoms with Crippen molar-refractivity contribution in [2.24, 2.45) is 0 Å². The molecule has 0 bridgehead atoms. The summed E-state index contributed by atoms with van der Waals surface area (Å²) in [6.45, 7) is 5.01. The highest BCUT2D eigenvalue weighted by molar-refractivity contribution is 7.89. The van der Waals surface area contributed by atoms with E-state index < -0.39 is 27.9 Å². The van der Waals surface area contributed by atoms with Crippen molar-refractivity contribution in [2.75, 3.05) is 19.4 Å². The number of carbonyl (C=O) groups is 3. The topological polar surface area (TPSA) is 110 Å². The van der Waals surface area contributed by atoms with Crippen molar-refractivity contribution in [2.45, 2.75) is 44.6 Å². The molecular weight excluding hydrogens is 432 g/mol. The number of rotatable bonds is 9. The minimum absolute atomic E-state index is 0.0419. The minimum atomic E-state index is -3.73. The van der Waals surface area contributed by atoms with Crippen LogP contribution in [0.15, 0.2) is 47.4 Å². The minimum Gasteiger partial charge on any atom is -0.451 e. The number of hydrogen-bond donors (Lipinski definition) is 1. The van der Waals surface area contributed by atoms with Gasteiger partial charge in [-0.15, -0.1) is 0 Å². The highest BCUT2D eigenvalue weighted by atomic mass is 32.2. The van der Waals surface area contributed by atoms with E-state index in [2.05, 4.69) is 5.32 Å². The maximum atomic E-state index is 12.7. The molecule has 2 aromatic carbocycles. The first kappa shape index (κ1) is 25.2. The average molecular weight is 461 g/mol. The second kappa shape index (κ2) is 10.5. The number of Topliss-reactive ketones (excluding diaryl/α,β-unsaturated/α-hetero) is 1. The summed E-state index contributed by atoms with van der Waals surface area (Å²) in [5.41, 5.74) is 1.49. The number of hydrogen-bond acceptors (Lipinski definition) is 6. The van der Waals surface area contributed by atoms with Crippen LogP contribution in [0.2, 0.25) is 0 Å². The van der Waals surface area contributed by atoms with E-state index in [0.29, 0.717) is 23.2 Å². The fourth-order valence-electron chi connectivity index (χ4n) is 2.87. The Labute approximate surface area is 188 Å². The Hall–Kier alpha value is -3.04. The van der Waals surface area contributed by atoms with Gasteiger partial charge in [0.05, 0.1) is 10.5 Å². The Bertz CT molecular complexity index is 1110. The molecule has 0 aliphatic carbocycles. The summed E-state index contributed by atoms with van der Waals surface area (Å²) in [5, 5.41) is 2.74. The van der Waals surface area contributed by atoms with E-state index in [9.17, 15) is 22.8 Å². The van der Waals surface area contributed by atoms with Crippen LogP contribution in [0.3, 0.4) is 0 Å². The first-order chi connectivity index (χ1) is 15.0. The molecular formula is C23H28N2O6S. The fourth-order valence-corrected chi connectivity index (χ4v) is 3.80. The molecule has 8 nitrogen and oxygen atoms in total. The van der Waals surface area contributed by atoms with Crippen LogP contribution < -0.4 is 5.32 Å². The van der Waals surface area contributed by atoms with Gasteiger partial charge in [-0.05, 0) is 62.2 Å². The predicted octanol–water partition coefficient (Wildman–Crippen LogP) is 3.41. The van der Waals surface area contributed by atoms with Crippen LogP contribution in [0.1, 0.15) is 53.0 Å². The molecule has 2 aromatic rings. The van der Waals surface area contributed by atoms with E-state index in [1.165, 1.54) is 39.2 Å². The maximum absolute atomic E-state index is 12.7. The summed E-state index contributed by atoms with van der Waals surface area (Å²) >= 11 is 0. The molecule has 172 valence electrons. The number of ether oxygens (including phenoxy) is 1. The lowest BCUT2D eigenvalue weighted by atomic mass is 10.1. The van der Waals surface area contributed by atoms with Gasteiger partial charge in [-0.1, -0.05) is 13.0 Å². The van der Waals surface area contributed by atoms with Gasteiger partial charge >= 0.3 is 5.97 Å². The monoisotopic (exact) mass is 460 g/mol. The van der Waals surface area contributed by atoms with Crippen LogP contribution in [0, 0.1) is 6.92 Å². The summed E-state index contributed by atoms with van der Waals surface area (Å²) in [6, 6.07) is 10.5. The van der Waals surface area contributed by atoms with Crippen molar-refractivity contribution in [3.8, 4) is 0 Å². The van der Waals surface area contributed by atoms with Gasteiger partial charge in [0.25, 0.3) is 0 Å². The normalized spacial score (nSPS) is 12.3. The van der Waals surface area contributed by atoms with Crippen LogP contribution in [0.4, 0.5) is 5.69 Å². The van der Waals surface area contributed by atoms with E-state index >= 15 is 0 Å². The lowest BCUT2D eigenvalue weighted by molar-refractivity contribution is -0.116. The number of aryl methyl sites for hydroxylation is 1. The van der Waals surface area contributed by atoms with E-state index in [-0.39, 0.29) is 16.4 Å².